The lowest BCUT2D eigenvalue weighted by molar-refractivity contribution is -0.145. The third kappa shape index (κ3) is 4.60. The zero-order chi connectivity index (χ0) is 14.5. The summed E-state index contributed by atoms with van der Waals surface area (Å²) in [6.45, 7) is 5.56. The van der Waals surface area contributed by atoms with Crippen molar-refractivity contribution in [1.82, 2.24) is 10.2 Å². The van der Waals surface area contributed by atoms with Gasteiger partial charge in [-0.1, -0.05) is 6.92 Å². The molecule has 0 aromatic carbocycles. The van der Waals surface area contributed by atoms with Crippen LogP contribution in [0.3, 0.4) is 0 Å². The van der Waals surface area contributed by atoms with Crippen molar-refractivity contribution in [3.05, 3.63) is 0 Å². The van der Waals surface area contributed by atoms with Gasteiger partial charge in [-0.3, -0.25) is 4.79 Å². The summed E-state index contributed by atoms with van der Waals surface area (Å²) in [6, 6.07) is -2.03. The number of hydrogen-bond donors (Lipinski definition) is 3. The maximum Gasteiger partial charge on any atom is 0.326 e. The molecule has 18 heavy (non-hydrogen) atoms. The van der Waals surface area contributed by atoms with E-state index >= 15 is 0 Å². The quantitative estimate of drug-likeness (QED) is 0.653. The minimum Gasteiger partial charge on any atom is -0.481 e. The fourth-order valence-electron chi connectivity index (χ4n) is 1.13. The Morgan fingerprint density at radius 2 is 1.78 bits per heavy atom. The van der Waals surface area contributed by atoms with Crippen molar-refractivity contribution in [3.63, 3.8) is 0 Å². The van der Waals surface area contributed by atoms with E-state index in [9.17, 15) is 14.4 Å². The first-order valence-electron chi connectivity index (χ1n) is 5.60. The van der Waals surface area contributed by atoms with Gasteiger partial charge in [0, 0.05) is 12.6 Å². The van der Waals surface area contributed by atoms with Crippen LogP contribution in [0, 0.1) is 0 Å². The molecule has 0 radical (unpaired) electrons. The molecular weight excluding hydrogens is 240 g/mol. The second kappa shape index (κ2) is 6.23. The number of carbonyl (C=O) groups is 3. The molecule has 0 saturated carbocycles. The van der Waals surface area contributed by atoms with Gasteiger partial charge in [-0.15, -0.1) is 0 Å². The lowest BCUT2D eigenvalue weighted by Crippen LogP contribution is -2.53. The maximum absolute atomic E-state index is 11.8. The number of carboxylic acid groups (broad SMARTS) is 2. The monoisotopic (exact) mass is 260 g/mol. The zero-order valence-corrected chi connectivity index (χ0v) is 11.1. The lowest BCUT2D eigenvalue weighted by Gasteiger charge is -2.35. The molecule has 0 fully saturated rings. The van der Waals surface area contributed by atoms with E-state index in [1.54, 1.807) is 7.05 Å². The molecule has 0 spiro atoms. The Morgan fingerprint density at radius 3 is 2.11 bits per heavy atom. The van der Waals surface area contributed by atoms with Gasteiger partial charge in [0.15, 0.2) is 0 Å². The number of nitrogens with zero attached hydrogens (tertiary/aromatic N) is 1. The van der Waals surface area contributed by atoms with Crippen molar-refractivity contribution in [1.29, 1.82) is 0 Å². The number of amides is 2. The highest BCUT2D eigenvalue weighted by Crippen LogP contribution is 2.16. The predicted octanol–water partition coefficient (Wildman–Crippen LogP) is 0.744. The number of aliphatic carboxylic acids is 2. The van der Waals surface area contributed by atoms with E-state index in [0.29, 0.717) is 6.42 Å². The average molecular weight is 260 g/mol. The number of urea groups is 1. The molecule has 0 aromatic heterocycles. The van der Waals surface area contributed by atoms with Gasteiger partial charge in [-0.2, -0.15) is 0 Å². The summed E-state index contributed by atoms with van der Waals surface area (Å²) >= 11 is 0. The molecule has 0 rings (SSSR count). The molecule has 0 unspecified atom stereocenters. The van der Waals surface area contributed by atoms with Crippen LogP contribution in [0.2, 0.25) is 0 Å². The molecule has 7 heteroatoms. The van der Waals surface area contributed by atoms with E-state index in [1.165, 1.54) is 4.90 Å². The molecule has 1 atom stereocenters. The van der Waals surface area contributed by atoms with Gasteiger partial charge in [-0.25, -0.2) is 9.59 Å². The number of rotatable bonds is 6. The van der Waals surface area contributed by atoms with Gasteiger partial charge < -0.3 is 20.4 Å². The summed E-state index contributed by atoms with van der Waals surface area (Å²) in [5.74, 6) is -2.64. The summed E-state index contributed by atoms with van der Waals surface area (Å²) < 4.78 is 0. The van der Waals surface area contributed by atoms with E-state index in [1.807, 2.05) is 20.8 Å². The van der Waals surface area contributed by atoms with Crippen LogP contribution in [0.15, 0.2) is 0 Å². The highest BCUT2D eigenvalue weighted by molar-refractivity contribution is 5.86. The van der Waals surface area contributed by atoms with E-state index in [-0.39, 0.29) is 0 Å². The fraction of sp³-hybridized carbons (Fsp3) is 0.727. The Bertz CT molecular complexity index is 340. The van der Waals surface area contributed by atoms with Crippen LogP contribution in [0.5, 0.6) is 0 Å². The molecule has 0 aliphatic rings. The fourth-order valence-corrected chi connectivity index (χ4v) is 1.13. The molecule has 3 N–H and O–H groups in total. The maximum atomic E-state index is 11.8. The first kappa shape index (κ1) is 16.2. The molecule has 0 saturated heterocycles. The van der Waals surface area contributed by atoms with Crippen LogP contribution in [0.25, 0.3) is 0 Å². The lowest BCUT2D eigenvalue weighted by atomic mass is 10.0. The average Bonchev–Trinajstić information content (AvgIpc) is 2.26. The summed E-state index contributed by atoms with van der Waals surface area (Å²) in [6.07, 6.45) is 0.0368. The highest BCUT2D eigenvalue weighted by atomic mass is 16.4. The Morgan fingerprint density at radius 1 is 1.28 bits per heavy atom. The van der Waals surface area contributed by atoms with Gasteiger partial charge in [0.2, 0.25) is 0 Å². The number of carboxylic acids is 2. The molecule has 0 aliphatic heterocycles. The smallest absolute Gasteiger partial charge is 0.326 e. The Kier molecular flexibility index (Phi) is 5.61. The van der Waals surface area contributed by atoms with Crippen LogP contribution in [0.4, 0.5) is 4.79 Å². The summed E-state index contributed by atoms with van der Waals surface area (Å²) in [4.78, 5) is 34.5. The van der Waals surface area contributed by atoms with E-state index in [4.69, 9.17) is 10.2 Å². The molecule has 7 nitrogen and oxygen atoms in total. The van der Waals surface area contributed by atoms with Crippen LogP contribution >= 0.6 is 0 Å². The Labute approximate surface area is 106 Å². The molecular formula is C11H20N2O5. The third-order valence-electron chi connectivity index (χ3n) is 3.05. The van der Waals surface area contributed by atoms with E-state index < -0.39 is 36.0 Å². The SMILES string of the molecule is CCC(C)(C)N(C)C(=O)N[C@H](CC(=O)O)C(=O)O. The van der Waals surface area contributed by atoms with Gasteiger partial charge in [0.1, 0.15) is 6.04 Å². The van der Waals surface area contributed by atoms with Crippen molar-refractivity contribution >= 4 is 18.0 Å². The molecule has 104 valence electrons. The first-order valence-corrected chi connectivity index (χ1v) is 5.60. The molecule has 0 aliphatic carbocycles. The van der Waals surface area contributed by atoms with Gasteiger partial charge in [-0.05, 0) is 20.3 Å². The molecule has 0 heterocycles. The summed E-state index contributed by atoms with van der Waals surface area (Å²) in [5.41, 5.74) is -0.434. The van der Waals surface area contributed by atoms with E-state index in [0.717, 1.165) is 0 Å². The normalized spacial score (nSPS) is 12.7. The van der Waals surface area contributed by atoms with Crippen LogP contribution in [-0.4, -0.2) is 51.7 Å². The Hall–Kier alpha value is -1.79. The number of hydrogen-bond acceptors (Lipinski definition) is 3. The van der Waals surface area contributed by atoms with Crippen LogP contribution in [-0.2, 0) is 9.59 Å². The second-order valence-corrected chi connectivity index (χ2v) is 4.66. The zero-order valence-electron chi connectivity index (χ0n) is 11.1. The van der Waals surface area contributed by atoms with Crippen LogP contribution in [0.1, 0.15) is 33.6 Å². The minimum atomic E-state index is -1.43. The summed E-state index contributed by atoms with van der Waals surface area (Å²) in [7, 11) is 1.54. The molecule has 0 aromatic rings. The van der Waals surface area contributed by atoms with Gasteiger partial charge in [0.25, 0.3) is 0 Å². The first-order chi connectivity index (χ1) is 8.11. The second-order valence-electron chi connectivity index (χ2n) is 4.66. The molecule has 0 bridgehead atoms. The minimum absolute atomic E-state index is 0.434. The van der Waals surface area contributed by atoms with E-state index in [2.05, 4.69) is 5.32 Å². The topological polar surface area (TPSA) is 107 Å². The number of carbonyl (C=O) groups excluding carboxylic acids is 1. The largest absolute Gasteiger partial charge is 0.481 e. The van der Waals surface area contributed by atoms with Gasteiger partial charge >= 0.3 is 18.0 Å². The van der Waals surface area contributed by atoms with Crippen molar-refractivity contribution in [3.8, 4) is 0 Å². The predicted molar refractivity (Wildman–Crippen MR) is 64.3 cm³/mol. The summed E-state index contributed by atoms with van der Waals surface area (Å²) in [5, 5.41) is 19.6. The standard InChI is InChI=1S/C11H20N2O5/c1-5-11(2,3)13(4)10(18)12-7(9(16)17)6-8(14)15/h7H,5-6H2,1-4H3,(H,12,18)(H,14,15)(H,16,17)/t7-/m1/s1. The number of nitrogens with one attached hydrogen (secondary N) is 1. The Balaban J connectivity index is 4.70. The van der Waals surface area contributed by atoms with Crippen molar-refractivity contribution in [2.24, 2.45) is 0 Å². The van der Waals surface area contributed by atoms with Crippen LogP contribution < -0.4 is 5.32 Å². The van der Waals surface area contributed by atoms with Gasteiger partial charge in [0.05, 0.1) is 6.42 Å². The van der Waals surface area contributed by atoms with Crippen molar-refractivity contribution in [2.75, 3.05) is 7.05 Å². The molecule has 2 amide bonds. The third-order valence-corrected chi connectivity index (χ3v) is 3.05. The highest BCUT2D eigenvalue weighted by Gasteiger charge is 2.29. The van der Waals surface area contributed by atoms with Crippen molar-refractivity contribution in [2.45, 2.75) is 45.2 Å². The van der Waals surface area contributed by atoms with Crippen molar-refractivity contribution < 1.29 is 24.6 Å².